The topological polar surface area (TPSA) is 108 Å². The molecule has 2 aromatic carbocycles. The zero-order valence-corrected chi connectivity index (χ0v) is 16.1. The number of nitro groups is 1. The second kappa shape index (κ2) is 9.68. The number of anilines is 1. The number of rotatable bonds is 7. The van der Waals surface area contributed by atoms with E-state index in [4.69, 9.17) is 0 Å². The standard InChI is InChI=1S/C21H24N4O4/c26-20-7-3-2-6-16(20)8-11-21(27)23-22-15-17-14-18(25(28)29)9-10-19(17)24-12-4-1-5-13-24/h2-3,6-7,9-10,14-15,26H,1,4-5,8,11-13H2,(H,23,27). The Morgan fingerprint density at radius 2 is 1.97 bits per heavy atom. The van der Waals surface area contributed by atoms with Crippen LogP contribution in [0.5, 0.6) is 5.75 Å². The number of benzene rings is 2. The Morgan fingerprint density at radius 3 is 2.69 bits per heavy atom. The number of phenolic OH excluding ortho intramolecular Hbond substituents is 1. The number of non-ortho nitro benzene ring substituents is 1. The summed E-state index contributed by atoms with van der Waals surface area (Å²) in [7, 11) is 0. The Hall–Kier alpha value is -3.42. The zero-order chi connectivity index (χ0) is 20.6. The van der Waals surface area contributed by atoms with Crippen LogP contribution in [0.4, 0.5) is 11.4 Å². The number of nitrogens with zero attached hydrogens (tertiary/aromatic N) is 3. The molecule has 1 saturated heterocycles. The third-order valence-corrected chi connectivity index (χ3v) is 4.92. The lowest BCUT2D eigenvalue weighted by atomic mass is 10.1. The molecule has 0 radical (unpaired) electrons. The molecule has 1 fully saturated rings. The first-order chi connectivity index (χ1) is 14.0. The first-order valence-electron chi connectivity index (χ1n) is 9.67. The molecule has 0 aliphatic carbocycles. The number of hydrazone groups is 1. The van der Waals surface area contributed by atoms with E-state index in [1.54, 1.807) is 30.3 Å². The molecule has 2 N–H and O–H groups in total. The van der Waals surface area contributed by atoms with Crippen LogP contribution in [0.15, 0.2) is 47.6 Å². The summed E-state index contributed by atoms with van der Waals surface area (Å²) in [6.45, 7) is 1.79. The summed E-state index contributed by atoms with van der Waals surface area (Å²) in [6, 6.07) is 11.6. The van der Waals surface area contributed by atoms with Crippen molar-refractivity contribution in [2.75, 3.05) is 18.0 Å². The molecule has 0 aromatic heterocycles. The van der Waals surface area contributed by atoms with E-state index in [9.17, 15) is 20.0 Å². The molecule has 1 aliphatic heterocycles. The van der Waals surface area contributed by atoms with Gasteiger partial charge in [-0.3, -0.25) is 14.9 Å². The fraction of sp³-hybridized carbons (Fsp3) is 0.333. The van der Waals surface area contributed by atoms with E-state index in [1.807, 2.05) is 0 Å². The van der Waals surface area contributed by atoms with Gasteiger partial charge in [0.25, 0.3) is 5.69 Å². The van der Waals surface area contributed by atoms with Crippen molar-refractivity contribution in [3.63, 3.8) is 0 Å². The van der Waals surface area contributed by atoms with Crippen LogP contribution in [0.2, 0.25) is 0 Å². The number of carbonyl (C=O) groups excluding carboxylic acids is 1. The summed E-state index contributed by atoms with van der Waals surface area (Å²) in [4.78, 5) is 24.9. The van der Waals surface area contributed by atoms with Crippen LogP contribution >= 0.6 is 0 Å². The summed E-state index contributed by atoms with van der Waals surface area (Å²) >= 11 is 0. The van der Waals surface area contributed by atoms with E-state index in [0.29, 0.717) is 17.5 Å². The van der Waals surface area contributed by atoms with Gasteiger partial charge in [0.1, 0.15) is 5.75 Å². The lowest BCUT2D eigenvalue weighted by Crippen LogP contribution is -2.30. The molecule has 8 heteroatoms. The van der Waals surface area contributed by atoms with E-state index in [0.717, 1.165) is 31.6 Å². The van der Waals surface area contributed by atoms with E-state index >= 15 is 0 Å². The van der Waals surface area contributed by atoms with Gasteiger partial charge in [-0.05, 0) is 43.4 Å². The fourth-order valence-electron chi connectivity index (χ4n) is 3.38. The van der Waals surface area contributed by atoms with E-state index in [1.165, 1.54) is 24.8 Å². The molecule has 3 rings (SSSR count). The molecule has 0 saturated carbocycles. The number of nitro benzene ring substituents is 1. The van der Waals surface area contributed by atoms with Gasteiger partial charge in [-0.25, -0.2) is 5.43 Å². The SMILES string of the molecule is O=C(CCc1ccccc1O)NN=Cc1cc([N+](=O)[O-])ccc1N1CCCCC1. The van der Waals surface area contributed by atoms with Crippen molar-refractivity contribution in [3.8, 4) is 5.75 Å². The van der Waals surface area contributed by atoms with Crippen LogP contribution in [0.25, 0.3) is 0 Å². The molecule has 29 heavy (non-hydrogen) atoms. The van der Waals surface area contributed by atoms with Crippen LogP contribution in [0.3, 0.4) is 0 Å². The van der Waals surface area contributed by atoms with Crippen LogP contribution in [0.1, 0.15) is 36.8 Å². The zero-order valence-electron chi connectivity index (χ0n) is 16.1. The number of hydrogen-bond donors (Lipinski definition) is 2. The molecule has 0 atom stereocenters. The van der Waals surface area contributed by atoms with Crippen molar-refractivity contribution in [1.82, 2.24) is 5.43 Å². The molecule has 0 bridgehead atoms. The lowest BCUT2D eigenvalue weighted by Gasteiger charge is -2.29. The normalized spacial score (nSPS) is 14.1. The lowest BCUT2D eigenvalue weighted by molar-refractivity contribution is -0.384. The van der Waals surface area contributed by atoms with Crippen molar-refractivity contribution in [3.05, 3.63) is 63.7 Å². The molecule has 2 aromatic rings. The van der Waals surface area contributed by atoms with E-state index in [-0.39, 0.29) is 23.8 Å². The summed E-state index contributed by atoms with van der Waals surface area (Å²) in [5.74, 6) is -0.138. The first kappa shape index (κ1) is 20.3. The second-order valence-corrected chi connectivity index (χ2v) is 6.97. The quantitative estimate of drug-likeness (QED) is 0.424. The highest BCUT2D eigenvalue weighted by atomic mass is 16.6. The molecular formula is C21H24N4O4. The smallest absolute Gasteiger partial charge is 0.270 e. The van der Waals surface area contributed by atoms with Crippen molar-refractivity contribution >= 4 is 23.5 Å². The fourth-order valence-corrected chi connectivity index (χ4v) is 3.38. The third-order valence-electron chi connectivity index (χ3n) is 4.92. The van der Waals surface area contributed by atoms with Gasteiger partial charge in [0.05, 0.1) is 11.1 Å². The highest BCUT2D eigenvalue weighted by molar-refractivity contribution is 5.90. The van der Waals surface area contributed by atoms with Crippen molar-refractivity contribution in [2.24, 2.45) is 5.10 Å². The van der Waals surface area contributed by atoms with Crippen molar-refractivity contribution < 1.29 is 14.8 Å². The Balaban J connectivity index is 1.66. The first-order valence-corrected chi connectivity index (χ1v) is 9.67. The number of para-hydroxylation sites is 1. The average molecular weight is 396 g/mol. The molecular weight excluding hydrogens is 372 g/mol. The summed E-state index contributed by atoms with van der Waals surface area (Å²) in [6.07, 6.45) is 5.36. The van der Waals surface area contributed by atoms with Gasteiger partial charge in [-0.1, -0.05) is 18.2 Å². The number of amides is 1. The number of nitrogens with one attached hydrogen (secondary N) is 1. The maximum atomic E-state index is 12.1. The monoisotopic (exact) mass is 396 g/mol. The predicted molar refractivity (Wildman–Crippen MR) is 111 cm³/mol. The van der Waals surface area contributed by atoms with E-state index in [2.05, 4.69) is 15.4 Å². The average Bonchev–Trinajstić information content (AvgIpc) is 2.73. The summed E-state index contributed by atoms with van der Waals surface area (Å²) < 4.78 is 0. The van der Waals surface area contributed by atoms with Crippen LogP contribution in [0, 0.1) is 10.1 Å². The summed E-state index contributed by atoms with van der Waals surface area (Å²) in [5.41, 5.74) is 4.61. The van der Waals surface area contributed by atoms with Gasteiger partial charge in [0.15, 0.2) is 0 Å². The van der Waals surface area contributed by atoms with Crippen LogP contribution < -0.4 is 10.3 Å². The Bertz CT molecular complexity index is 907. The van der Waals surface area contributed by atoms with Crippen LogP contribution in [-0.2, 0) is 11.2 Å². The third kappa shape index (κ3) is 5.54. The number of hydrogen-bond acceptors (Lipinski definition) is 6. The predicted octanol–water partition coefficient (Wildman–Crippen LogP) is 3.37. The number of piperidine rings is 1. The Kier molecular flexibility index (Phi) is 6.78. The molecule has 1 aliphatic rings. The molecule has 8 nitrogen and oxygen atoms in total. The largest absolute Gasteiger partial charge is 0.508 e. The van der Waals surface area contributed by atoms with Gasteiger partial charge in [-0.2, -0.15) is 5.10 Å². The second-order valence-electron chi connectivity index (χ2n) is 6.97. The van der Waals surface area contributed by atoms with E-state index < -0.39 is 4.92 Å². The Labute approximate surface area is 169 Å². The van der Waals surface area contributed by atoms with Gasteiger partial charge in [-0.15, -0.1) is 0 Å². The maximum absolute atomic E-state index is 12.1. The molecule has 1 heterocycles. The number of aryl methyl sites for hydroxylation is 1. The van der Waals surface area contributed by atoms with Gasteiger partial charge >= 0.3 is 0 Å². The van der Waals surface area contributed by atoms with Gasteiger partial charge in [0.2, 0.25) is 5.91 Å². The Morgan fingerprint density at radius 1 is 1.21 bits per heavy atom. The van der Waals surface area contributed by atoms with Crippen molar-refractivity contribution in [2.45, 2.75) is 32.1 Å². The molecule has 0 spiro atoms. The van der Waals surface area contributed by atoms with Crippen LogP contribution in [-0.4, -0.2) is 35.2 Å². The number of aromatic hydroxyl groups is 1. The minimum atomic E-state index is -0.442. The number of phenols is 1. The highest BCUT2D eigenvalue weighted by Crippen LogP contribution is 2.27. The molecule has 1 amide bonds. The highest BCUT2D eigenvalue weighted by Gasteiger charge is 2.17. The minimum Gasteiger partial charge on any atom is -0.508 e. The van der Waals surface area contributed by atoms with Gasteiger partial charge < -0.3 is 10.0 Å². The summed E-state index contributed by atoms with van der Waals surface area (Å²) in [5, 5.41) is 24.9. The van der Waals surface area contributed by atoms with Crippen molar-refractivity contribution in [1.29, 1.82) is 0 Å². The maximum Gasteiger partial charge on any atom is 0.270 e. The molecule has 152 valence electrons. The van der Waals surface area contributed by atoms with Gasteiger partial charge in [0, 0.05) is 42.9 Å². The molecule has 0 unspecified atom stereocenters. The number of carbonyl (C=O) groups is 1. The minimum absolute atomic E-state index is 0.0157.